The quantitative estimate of drug-likeness (QED) is 0.540. The Labute approximate surface area is 189 Å². The van der Waals surface area contributed by atoms with Crippen molar-refractivity contribution < 1.29 is 14.2 Å². The number of nitrogens with zero attached hydrogens (tertiary/aromatic N) is 3. The summed E-state index contributed by atoms with van der Waals surface area (Å²) in [6.45, 7) is 3.67. The second-order valence-electron chi connectivity index (χ2n) is 8.98. The fraction of sp³-hybridized carbons (Fsp3) is 0.625. The van der Waals surface area contributed by atoms with E-state index in [9.17, 15) is 9.50 Å². The van der Waals surface area contributed by atoms with Crippen LogP contribution in [0, 0.1) is 5.92 Å². The summed E-state index contributed by atoms with van der Waals surface area (Å²) in [5.41, 5.74) is 2.83. The van der Waals surface area contributed by atoms with Crippen LogP contribution in [0.5, 0.6) is 0 Å². The summed E-state index contributed by atoms with van der Waals surface area (Å²) in [7, 11) is 0. The highest BCUT2D eigenvalue weighted by Gasteiger charge is 2.22. The van der Waals surface area contributed by atoms with Crippen molar-refractivity contribution in [1.29, 1.82) is 0 Å². The summed E-state index contributed by atoms with van der Waals surface area (Å²) in [6, 6.07) is 4.36. The number of hydrogen-bond acceptors (Lipinski definition) is 7. The summed E-state index contributed by atoms with van der Waals surface area (Å²) in [5.74, 6) is 1.67. The first-order valence-corrected chi connectivity index (χ1v) is 11.8. The van der Waals surface area contributed by atoms with Crippen LogP contribution >= 0.6 is 0 Å². The lowest BCUT2D eigenvalue weighted by molar-refractivity contribution is 0.126. The van der Waals surface area contributed by atoms with Crippen LogP contribution < -0.4 is 10.6 Å². The molecule has 1 aliphatic heterocycles. The molecule has 2 aromatic rings. The summed E-state index contributed by atoms with van der Waals surface area (Å²) in [4.78, 5) is 13.8. The van der Waals surface area contributed by atoms with Crippen LogP contribution in [0.4, 0.5) is 16.2 Å². The highest BCUT2D eigenvalue weighted by Crippen LogP contribution is 2.29. The Morgan fingerprint density at radius 2 is 2.00 bits per heavy atom. The predicted octanol–water partition coefficient (Wildman–Crippen LogP) is 3.99. The van der Waals surface area contributed by atoms with Crippen molar-refractivity contribution >= 4 is 11.8 Å². The third-order valence-corrected chi connectivity index (χ3v) is 6.40. The molecule has 1 unspecified atom stereocenters. The molecule has 2 fully saturated rings. The van der Waals surface area contributed by atoms with Gasteiger partial charge in [-0.1, -0.05) is 13.0 Å². The second kappa shape index (κ2) is 11.0. The molecule has 7 nitrogen and oxygen atoms in total. The number of halogens is 1. The minimum Gasteiger partial charge on any atom is -0.393 e. The lowest BCUT2D eigenvalue weighted by Gasteiger charge is -2.27. The molecular weight excluding hydrogens is 409 g/mol. The molecule has 2 atom stereocenters. The Hall–Kier alpha value is -2.32. The van der Waals surface area contributed by atoms with Crippen LogP contribution in [0.25, 0.3) is 11.3 Å². The molecule has 1 aliphatic carbocycles. The van der Waals surface area contributed by atoms with Gasteiger partial charge in [0.2, 0.25) is 5.95 Å². The normalized spacial score (nSPS) is 24.3. The molecular formula is C24H34FN5O2. The van der Waals surface area contributed by atoms with E-state index in [-0.39, 0.29) is 18.7 Å². The predicted molar refractivity (Wildman–Crippen MR) is 123 cm³/mol. The molecule has 4 rings (SSSR count). The molecule has 0 aromatic carbocycles. The topological polar surface area (TPSA) is 92.2 Å². The molecule has 2 aromatic heterocycles. The third kappa shape index (κ3) is 6.13. The molecule has 3 heterocycles. The molecule has 1 saturated carbocycles. The highest BCUT2D eigenvalue weighted by atomic mass is 19.1. The first-order chi connectivity index (χ1) is 15.6. The minimum atomic E-state index is -0.936. The zero-order chi connectivity index (χ0) is 22.3. The van der Waals surface area contributed by atoms with Gasteiger partial charge in [0.25, 0.3) is 0 Å². The number of anilines is 2. The SMILES string of the molecule is CC[C@H](F)CNc1ncc(-c2ccc(CC3CCOC3)cn2)c(NC2CCC(O)CC2)n1. The van der Waals surface area contributed by atoms with Gasteiger partial charge in [-0.3, -0.25) is 4.98 Å². The van der Waals surface area contributed by atoms with Crippen LogP contribution in [-0.2, 0) is 11.2 Å². The molecule has 0 amide bonds. The van der Waals surface area contributed by atoms with Crippen LogP contribution in [0.2, 0.25) is 0 Å². The third-order valence-electron chi connectivity index (χ3n) is 6.40. The van der Waals surface area contributed by atoms with Gasteiger partial charge in [-0.25, -0.2) is 9.37 Å². The Morgan fingerprint density at radius 3 is 2.69 bits per heavy atom. The van der Waals surface area contributed by atoms with Gasteiger partial charge in [0.15, 0.2) is 0 Å². The first kappa shape index (κ1) is 22.9. The molecule has 1 saturated heterocycles. The van der Waals surface area contributed by atoms with Crippen molar-refractivity contribution in [2.75, 3.05) is 30.4 Å². The molecule has 0 spiro atoms. The van der Waals surface area contributed by atoms with E-state index in [1.54, 1.807) is 6.20 Å². The highest BCUT2D eigenvalue weighted by molar-refractivity contribution is 5.73. The van der Waals surface area contributed by atoms with Crippen molar-refractivity contribution in [3.8, 4) is 11.3 Å². The Morgan fingerprint density at radius 1 is 1.16 bits per heavy atom. The van der Waals surface area contributed by atoms with Crippen LogP contribution in [0.3, 0.4) is 0 Å². The number of alkyl halides is 1. The molecule has 32 heavy (non-hydrogen) atoms. The van der Waals surface area contributed by atoms with E-state index in [1.807, 2.05) is 19.2 Å². The number of aliphatic hydroxyl groups is 1. The number of pyridine rings is 1. The lowest BCUT2D eigenvalue weighted by Crippen LogP contribution is -2.29. The Kier molecular flexibility index (Phi) is 7.86. The molecule has 2 aliphatic rings. The number of rotatable bonds is 9. The van der Waals surface area contributed by atoms with Crippen LogP contribution in [-0.4, -0.2) is 58.1 Å². The van der Waals surface area contributed by atoms with Crippen molar-refractivity contribution in [3.63, 3.8) is 0 Å². The summed E-state index contributed by atoms with van der Waals surface area (Å²) >= 11 is 0. The smallest absolute Gasteiger partial charge is 0.224 e. The van der Waals surface area contributed by atoms with Gasteiger partial charge < -0.3 is 20.5 Å². The standard InChI is InChI=1S/C24H34FN5O2/c1-2-18(25)13-27-24-28-14-21(23(30-24)29-19-4-6-20(31)7-5-19)22-8-3-16(12-26-22)11-17-9-10-32-15-17/h3,8,12,14,17-20,31H,2,4-7,9-11,13,15H2,1H3,(H2,27,28,29,30)/t17?,18-,19?,20?/m0/s1. The van der Waals surface area contributed by atoms with Crippen molar-refractivity contribution in [1.82, 2.24) is 15.0 Å². The Bertz CT molecular complexity index is 852. The van der Waals surface area contributed by atoms with E-state index in [0.29, 0.717) is 24.1 Å². The largest absolute Gasteiger partial charge is 0.393 e. The Balaban J connectivity index is 1.52. The molecule has 8 heteroatoms. The number of nitrogens with one attached hydrogen (secondary N) is 2. The second-order valence-corrected chi connectivity index (χ2v) is 8.98. The summed E-state index contributed by atoms with van der Waals surface area (Å²) in [6.07, 6.45) is 8.37. The average Bonchev–Trinajstić information content (AvgIpc) is 3.33. The maximum atomic E-state index is 13.7. The number of hydrogen-bond donors (Lipinski definition) is 3. The van der Waals surface area contributed by atoms with Crippen LogP contribution in [0.15, 0.2) is 24.5 Å². The van der Waals surface area contributed by atoms with Gasteiger partial charge >= 0.3 is 0 Å². The molecule has 174 valence electrons. The first-order valence-electron chi connectivity index (χ1n) is 11.8. The van der Waals surface area contributed by atoms with Crippen molar-refractivity contribution in [3.05, 3.63) is 30.1 Å². The maximum absolute atomic E-state index is 13.7. The van der Waals surface area contributed by atoms with E-state index in [1.165, 1.54) is 5.56 Å². The zero-order valence-corrected chi connectivity index (χ0v) is 18.8. The number of aromatic nitrogens is 3. The van der Waals surface area contributed by atoms with E-state index in [0.717, 1.165) is 63.0 Å². The number of aliphatic hydroxyl groups excluding tert-OH is 1. The molecule has 0 radical (unpaired) electrons. The zero-order valence-electron chi connectivity index (χ0n) is 18.8. The van der Waals surface area contributed by atoms with Gasteiger partial charge in [0.05, 0.1) is 17.4 Å². The van der Waals surface area contributed by atoms with Crippen molar-refractivity contribution in [2.45, 2.75) is 70.2 Å². The lowest BCUT2D eigenvalue weighted by atomic mass is 9.93. The minimum absolute atomic E-state index is 0.183. The van der Waals surface area contributed by atoms with Gasteiger partial charge in [-0.05, 0) is 62.5 Å². The van der Waals surface area contributed by atoms with Gasteiger partial charge in [-0.15, -0.1) is 0 Å². The maximum Gasteiger partial charge on any atom is 0.224 e. The summed E-state index contributed by atoms with van der Waals surface area (Å²) in [5, 5.41) is 16.4. The summed E-state index contributed by atoms with van der Waals surface area (Å²) < 4.78 is 19.2. The van der Waals surface area contributed by atoms with E-state index < -0.39 is 6.17 Å². The molecule has 3 N–H and O–H groups in total. The fourth-order valence-corrected chi connectivity index (χ4v) is 4.31. The van der Waals surface area contributed by atoms with E-state index in [4.69, 9.17) is 9.72 Å². The van der Waals surface area contributed by atoms with Gasteiger partial charge in [0, 0.05) is 38.2 Å². The monoisotopic (exact) mass is 443 g/mol. The number of ether oxygens (including phenoxy) is 1. The van der Waals surface area contributed by atoms with Gasteiger partial charge in [-0.2, -0.15) is 4.98 Å². The fourth-order valence-electron chi connectivity index (χ4n) is 4.31. The van der Waals surface area contributed by atoms with Crippen molar-refractivity contribution in [2.24, 2.45) is 5.92 Å². The van der Waals surface area contributed by atoms with E-state index in [2.05, 4.69) is 26.7 Å². The van der Waals surface area contributed by atoms with Crippen LogP contribution in [0.1, 0.15) is 51.0 Å². The van der Waals surface area contributed by atoms with E-state index >= 15 is 0 Å². The average molecular weight is 444 g/mol. The molecule has 0 bridgehead atoms. The van der Waals surface area contributed by atoms with Gasteiger partial charge in [0.1, 0.15) is 12.0 Å².